The molecule has 0 aromatic heterocycles. The molecule has 0 amide bonds. The van der Waals surface area contributed by atoms with Crippen LogP contribution in [0.3, 0.4) is 0 Å². The van der Waals surface area contributed by atoms with Gasteiger partial charge in [-0.15, -0.1) is 0 Å². The van der Waals surface area contributed by atoms with E-state index in [9.17, 15) is 4.79 Å². The maximum atomic E-state index is 12.2. The second kappa shape index (κ2) is 8.21. The van der Waals surface area contributed by atoms with Crippen LogP contribution in [0.25, 0.3) is 0 Å². The van der Waals surface area contributed by atoms with Crippen molar-refractivity contribution >= 4 is 5.78 Å². The van der Waals surface area contributed by atoms with Gasteiger partial charge in [0.2, 0.25) is 0 Å². The molecule has 0 saturated carbocycles. The van der Waals surface area contributed by atoms with Crippen molar-refractivity contribution in [3.63, 3.8) is 0 Å². The first-order valence-electron chi connectivity index (χ1n) is 8.17. The van der Waals surface area contributed by atoms with Crippen LogP contribution < -0.4 is 5.32 Å². The monoisotopic (exact) mass is 273 g/mol. The number of hydrogen-bond acceptors (Lipinski definition) is 2. The Morgan fingerprint density at radius 2 is 1.90 bits per heavy atom. The molecule has 1 aromatic rings. The zero-order valence-corrected chi connectivity index (χ0v) is 12.7. The van der Waals surface area contributed by atoms with Crippen LogP contribution in [0.2, 0.25) is 0 Å². The van der Waals surface area contributed by atoms with Crippen molar-refractivity contribution in [2.75, 3.05) is 13.1 Å². The first kappa shape index (κ1) is 15.2. The third-order valence-corrected chi connectivity index (χ3v) is 4.16. The fourth-order valence-electron chi connectivity index (χ4n) is 2.89. The smallest absolute Gasteiger partial charge is 0.176 e. The quantitative estimate of drug-likeness (QED) is 0.574. The second-order valence-electron chi connectivity index (χ2n) is 5.85. The van der Waals surface area contributed by atoms with Gasteiger partial charge in [-0.25, -0.2) is 0 Å². The number of hydrogen-bond donors (Lipinski definition) is 1. The zero-order valence-electron chi connectivity index (χ0n) is 12.7. The Morgan fingerprint density at radius 3 is 2.70 bits per heavy atom. The zero-order chi connectivity index (χ0) is 14.2. The number of rotatable bonds is 8. The lowest BCUT2D eigenvalue weighted by Crippen LogP contribution is -2.24. The summed E-state index contributed by atoms with van der Waals surface area (Å²) in [5.41, 5.74) is 3.72. The number of Topliss-reactive ketones (excluding diaryl/α,β-unsaturated/α-hetero) is 1. The van der Waals surface area contributed by atoms with Crippen LogP contribution in [0.1, 0.15) is 66.9 Å². The van der Waals surface area contributed by atoms with Crippen LogP contribution in [0, 0.1) is 0 Å². The van der Waals surface area contributed by atoms with Crippen LogP contribution in [-0.2, 0) is 12.8 Å². The van der Waals surface area contributed by atoms with Crippen molar-refractivity contribution in [3.05, 3.63) is 34.9 Å². The van der Waals surface area contributed by atoms with E-state index in [4.69, 9.17) is 0 Å². The number of aryl methyl sites for hydroxylation is 2. The molecule has 0 fully saturated rings. The van der Waals surface area contributed by atoms with Gasteiger partial charge in [0.15, 0.2) is 5.78 Å². The summed E-state index contributed by atoms with van der Waals surface area (Å²) in [7, 11) is 0. The molecule has 1 aliphatic carbocycles. The molecule has 0 unspecified atom stereocenters. The summed E-state index contributed by atoms with van der Waals surface area (Å²) < 4.78 is 0. The number of carbonyl (C=O) groups is 1. The predicted octanol–water partition coefficient (Wildman–Crippen LogP) is 3.92. The number of ketones is 1. The lowest BCUT2D eigenvalue weighted by Gasteiger charge is -2.16. The molecule has 1 aromatic carbocycles. The molecule has 110 valence electrons. The van der Waals surface area contributed by atoms with Gasteiger partial charge in [0.05, 0.1) is 6.54 Å². The average molecular weight is 273 g/mol. The highest BCUT2D eigenvalue weighted by atomic mass is 16.1. The van der Waals surface area contributed by atoms with Crippen molar-refractivity contribution in [3.8, 4) is 0 Å². The molecule has 0 aliphatic heterocycles. The molecule has 0 radical (unpaired) electrons. The van der Waals surface area contributed by atoms with E-state index in [0.29, 0.717) is 6.54 Å². The Balaban J connectivity index is 1.77. The van der Waals surface area contributed by atoms with Gasteiger partial charge >= 0.3 is 0 Å². The van der Waals surface area contributed by atoms with E-state index < -0.39 is 0 Å². The van der Waals surface area contributed by atoms with Gasteiger partial charge in [-0.1, -0.05) is 38.3 Å². The summed E-state index contributed by atoms with van der Waals surface area (Å²) in [6.45, 7) is 3.65. The number of unbranched alkanes of at least 4 members (excludes halogenated alkanes) is 3. The average Bonchev–Trinajstić information content (AvgIpc) is 2.50. The molecule has 1 aliphatic rings. The van der Waals surface area contributed by atoms with E-state index >= 15 is 0 Å². The lowest BCUT2D eigenvalue weighted by molar-refractivity contribution is 0.0991. The molecule has 0 saturated heterocycles. The van der Waals surface area contributed by atoms with E-state index in [1.54, 1.807) is 0 Å². The highest BCUT2D eigenvalue weighted by Crippen LogP contribution is 2.22. The summed E-state index contributed by atoms with van der Waals surface area (Å²) in [6, 6.07) is 6.28. The van der Waals surface area contributed by atoms with Crippen molar-refractivity contribution in [1.29, 1.82) is 0 Å². The molecule has 0 atom stereocenters. The molecular weight excluding hydrogens is 246 g/mol. The standard InChI is InChI=1S/C18H27NO/c1-2-3-4-7-12-19-14-18(20)17-11-10-15-8-5-6-9-16(15)13-17/h10-11,13,19H,2-9,12,14H2,1H3. The van der Waals surface area contributed by atoms with Crippen molar-refractivity contribution in [2.45, 2.75) is 58.3 Å². The topological polar surface area (TPSA) is 29.1 Å². The molecule has 0 heterocycles. The molecule has 20 heavy (non-hydrogen) atoms. The van der Waals surface area contributed by atoms with Gasteiger partial charge < -0.3 is 5.32 Å². The molecule has 2 rings (SSSR count). The van der Waals surface area contributed by atoms with E-state index in [1.807, 2.05) is 6.07 Å². The van der Waals surface area contributed by atoms with E-state index in [-0.39, 0.29) is 5.78 Å². The maximum absolute atomic E-state index is 12.2. The second-order valence-corrected chi connectivity index (χ2v) is 5.85. The lowest BCUT2D eigenvalue weighted by atomic mass is 9.90. The molecule has 0 bridgehead atoms. The summed E-state index contributed by atoms with van der Waals surface area (Å²) in [5, 5.41) is 3.27. The minimum Gasteiger partial charge on any atom is -0.310 e. The van der Waals surface area contributed by atoms with Gasteiger partial charge in [-0.3, -0.25) is 4.79 Å². The van der Waals surface area contributed by atoms with Crippen LogP contribution in [-0.4, -0.2) is 18.9 Å². The van der Waals surface area contributed by atoms with E-state index in [2.05, 4.69) is 24.4 Å². The van der Waals surface area contributed by atoms with Crippen molar-refractivity contribution in [1.82, 2.24) is 5.32 Å². The molecular formula is C18H27NO. The number of fused-ring (bicyclic) bond motifs is 1. The summed E-state index contributed by atoms with van der Waals surface area (Å²) >= 11 is 0. The fourth-order valence-corrected chi connectivity index (χ4v) is 2.89. The fraction of sp³-hybridized carbons (Fsp3) is 0.611. The van der Waals surface area contributed by atoms with Crippen LogP contribution in [0.15, 0.2) is 18.2 Å². The Morgan fingerprint density at radius 1 is 1.10 bits per heavy atom. The Hall–Kier alpha value is -1.15. The minimum absolute atomic E-state index is 0.230. The number of nitrogens with one attached hydrogen (secondary N) is 1. The minimum atomic E-state index is 0.230. The number of benzene rings is 1. The Labute approximate surface area is 123 Å². The van der Waals surface area contributed by atoms with Crippen molar-refractivity contribution < 1.29 is 4.79 Å². The van der Waals surface area contributed by atoms with E-state index in [1.165, 1.54) is 56.1 Å². The highest BCUT2D eigenvalue weighted by Gasteiger charge is 2.12. The van der Waals surface area contributed by atoms with Gasteiger partial charge in [-0.2, -0.15) is 0 Å². The first-order chi connectivity index (χ1) is 9.81. The normalized spacial score (nSPS) is 14.1. The van der Waals surface area contributed by atoms with Crippen molar-refractivity contribution in [2.24, 2.45) is 0 Å². The van der Waals surface area contributed by atoms with Crippen LogP contribution in [0.4, 0.5) is 0 Å². The van der Waals surface area contributed by atoms with Gasteiger partial charge in [-0.05, 0) is 55.8 Å². The third kappa shape index (κ3) is 4.45. The summed E-state index contributed by atoms with van der Waals surface area (Å²) in [5.74, 6) is 0.230. The predicted molar refractivity (Wildman–Crippen MR) is 84.4 cm³/mol. The van der Waals surface area contributed by atoms with Gasteiger partial charge in [0.25, 0.3) is 0 Å². The highest BCUT2D eigenvalue weighted by molar-refractivity contribution is 5.97. The SMILES string of the molecule is CCCCCCNCC(=O)c1ccc2c(c1)CCCC2. The molecule has 2 heteroatoms. The van der Waals surface area contributed by atoms with Gasteiger partial charge in [0.1, 0.15) is 0 Å². The Kier molecular flexibility index (Phi) is 6.25. The summed E-state index contributed by atoms with van der Waals surface area (Å²) in [6.07, 6.45) is 9.86. The molecule has 1 N–H and O–H groups in total. The first-order valence-corrected chi connectivity index (χ1v) is 8.17. The number of carbonyl (C=O) groups excluding carboxylic acids is 1. The Bertz CT molecular complexity index is 439. The molecule has 2 nitrogen and oxygen atoms in total. The van der Waals surface area contributed by atoms with Gasteiger partial charge in [0, 0.05) is 5.56 Å². The van der Waals surface area contributed by atoms with Crippen LogP contribution >= 0.6 is 0 Å². The van der Waals surface area contributed by atoms with Crippen LogP contribution in [0.5, 0.6) is 0 Å². The third-order valence-electron chi connectivity index (χ3n) is 4.16. The largest absolute Gasteiger partial charge is 0.310 e. The molecule has 0 spiro atoms. The van der Waals surface area contributed by atoms with E-state index in [0.717, 1.165) is 18.5 Å². The maximum Gasteiger partial charge on any atom is 0.176 e. The summed E-state index contributed by atoms with van der Waals surface area (Å²) in [4.78, 5) is 12.2.